The van der Waals surface area contributed by atoms with Crippen molar-refractivity contribution >= 4 is 57.9 Å². The molecular weight excluding hydrogens is 514 g/mol. The van der Waals surface area contributed by atoms with Crippen molar-refractivity contribution in [2.45, 2.75) is 12.8 Å². The number of fused-ring (bicyclic) bond motifs is 1. The van der Waals surface area contributed by atoms with Crippen LogP contribution in [0.5, 0.6) is 0 Å². The molecule has 3 aromatic rings. The van der Waals surface area contributed by atoms with E-state index in [9.17, 15) is 19.2 Å². The van der Waals surface area contributed by atoms with E-state index < -0.39 is 23.6 Å². The minimum atomic E-state index is -0.610. The van der Waals surface area contributed by atoms with Crippen molar-refractivity contribution in [3.05, 3.63) is 75.2 Å². The average molecular weight is 538 g/mol. The Morgan fingerprint density at radius 3 is 2.49 bits per heavy atom. The summed E-state index contributed by atoms with van der Waals surface area (Å²) in [5.74, 6) is -1.68. The predicted molar refractivity (Wildman–Crippen MR) is 141 cm³/mol. The van der Waals surface area contributed by atoms with Gasteiger partial charge in [-0.3, -0.25) is 29.1 Å². The van der Waals surface area contributed by atoms with E-state index in [1.807, 2.05) is 12.1 Å². The highest BCUT2D eigenvalue weighted by Crippen LogP contribution is 2.30. The second kappa shape index (κ2) is 10.7. The van der Waals surface area contributed by atoms with Crippen molar-refractivity contribution in [3.8, 4) is 0 Å². The zero-order chi connectivity index (χ0) is 25.9. The fourth-order valence-corrected chi connectivity index (χ4v) is 5.55. The molecule has 2 aliphatic heterocycles. The third-order valence-corrected chi connectivity index (χ3v) is 7.81. The van der Waals surface area contributed by atoms with E-state index in [1.54, 1.807) is 36.7 Å². The number of amides is 4. The van der Waals surface area contributed by atoms with Gasteiger partial charge in [-0.2, -0.15) is 0 Å². The topological polar surface area (TPSA) is 112 Å². The Bertz CT molecular complexity index is 1350. The van der Waals surface area contributed by atoms with Crippen molar-refractivity contribution < 1.29 is 19.2 Å². The van der Waals surface area contributed by atoms with Gasteiger partial charge in [0, 0.05) is 37.7 Å². The highest BCUT2D eigenvalue weighted by atomic mass is 35.5. The molecular formula is C26H24ClN5O4S. The minimum Gasteiger partial charge on any atom is -0.371 e. The molecule has 5 rings (SSSR count). The Labute approximate surface area is 222 Å². The van der Waals surface area contributed by atoms with Gasteiger partial charge in [0.05, 0.1) is 26.0 Å². The summed E-state index contributed by atoms with van der Waals surface area (Å²) in [7, 11) is 0. The highest BCUT2D eigenvalue weighted by Gasteiger charge is 2.39. The molecule has 1 fully saturated rings. The molecule has 4 heterocycles. The summed E-state index contributed by atoms with van der Waals surface area (Å²) in [5, 5.41) is 5.56. The molecule has 190 valence electrons. The smallest absolute Gasteiger partial charge is 0.265 e. The van der Waals surface area contributed by atoms with Gasteiger partial charge in [-0.15, -0.1) is 11.3 Å². The summed E-state index contributed by atoms with van der Waals surface area (Å²) in [6.45, 7) is 1.87. The third-order valence-electron chi connectivity index (χ3n) is 6.58. The molecule has 9 nitrogen and oxygen atoms in total. The van der Waals surface area contributed by atoms with Crippen molar-refractivity contribution in [1.29, 1.82) is 0 Å². The molecule has 1 aromatic carbocycles. The van der Waals surface area contributed by atoms with Gasteiger partial charge in [0.2, 0.25) is 5.91 Å². The fourth-order valence-electron chi connectivity index (χ4n) is 4.61. The zero-order valence-corrected chi connectivity index (χ0v) is 21.3. The number of hydrogen-bond acceptors (Lipinski definition) is 7. The number of anilines is 2. The van der Waals surface area contributed by atoms with Crippen molar-refractivity contribution in [1.82, 2.24) is 15.2 Å². The Morgan fingerprint density at radius 2 is 1.78 bits per heavy atom. The lowest BCUT2D eigenvalue weighted by Gasteiger charge is -2.33. The number of carbonyl (C=O) groups is 4. The number of hydrogen-bond donors (Lipinski definition) is 2. The first-order chi connectivity index (χ1) is 17.9. The largest absolute Gasteiger partial charge is 0.371 e. The molecule has 0 aliphatic carbocycles. The second-order valence-corrected chi connectivity index (χ2v) is 10.6. The number of imide groups is 1. The summed E-state index contributed by atoms with van der Waals surface area (Å²) >= 11 is 7.02. The number of benzene rings is 1. The molecule has 0 atom stereocenters. The maximum absolute atomic E-state index is 13.1. The van der Waals surface area contributed by atoms with Crippen LogP contribution in [0.25, 0.3) is 0 Å². The molecule has 11 heteroatoms. The monoisotopic (exact) mass is 537 g/mol. The first-order valence-electron chi connectivity index (χ1n) is 11.9. The van der Waals surface area contributed by atoms with Crippen molar-refractivity contribution in [3.63, 3.8) is 0 Å². The third kappa shape index (κ3) is 5.35. The molecule has 0 spiro atoms. The van der Waals surface area contributed by atoms with Crippen LogP contribution in [-0.4, -0.2) is 59.7 Å². The maximum Gasteiger partial charge on any atom is 0.265 e. The average Bonchev–Trinajstić information content (AvgIpc) is 3.46. The van der Waals surface area contributed by atoms with Crippen LogP contribution >= 0.6 is 22.9 Å². The van der Waals surface area contributed by atoms with Gasteiger partial charge >= 0.3 is 0 Å². The molecule has 0 bridgehead atoms. The molecule has 1 saturated heterocycles. The molecule has 37 heavy (non-hydrogen) atoms. The highest BCUT2D eigenvalue weighted by molar-refractivity contribution is 7.18. The number of carbonyl (C=O) groups excluding carboxylic acids is 4. The minimum absolute atomic E-state index is 0.0831. The van der Waals surface area contributed by atoms with Crippen LogP contribution in [0, 0.1) is 5.92 Å². The normalized spacial score (nSPS) is 15.6. The molecule has 2 aliphatic rings. The van der Waals surface area contributed by atoms with E-state index in [4.69, 9.17) is 11.6 Å². The Hall–Kier alpha value is -3.76. The number of nitrogens with zero attached hydrogens (tertiary/aromatic N) is 3. The number of thiophene rings is 1. The summed E-state index contributed by atoms with van der Waals surface area (Å²) in [5.41, 5.74) is 1.59. The van der Waals surface area contributed by atoms with Gasteiger partial charge in [-0.25, -0.2) is 0 Å². The number of rotatable bonds is 7. The first-order valence-corrected chi connectivity index (χ1v) is 13.1. The van der Waals surface area contributed by atoms with Crippen LogP contribution in [0.2, 0.25) is 4.34 Å². The Morgan fingerprint density at radius 1 is 1.03 bits per heavy atom. The second-order valence-electron chi connectivity index (χ2n) is 8.92. The van der Waals surface area contributed by atoms with Gasteiger partial charge in [-0.05, 0) is 55.2 Å². The summed E-state index contributed by atoms with van der Waals surface area (Å²) < 4.78 is 0.464. The molecule has 4 amide bonds. The van der Waals surface area contributed by atoms with Crippen molar-refractivity contribution in [2.75, 3.05) is 36.4 Å². The van der Waals surface area contributed by atoms with Crippen LogP contribution in [0.1, 0.15) is 43.2 Å². The first kappa shape index (κ1) is 24.9. The molecule has 0 unspecified atom stereocenters. The van der Waals surface area contributed by atoms with Crippen LogP contribution in [-0.2, 0) is 4.79 Å². The molecule has 2 N–H and O–H groups in total. The van der Waals surface area contributed by atoms with E-state index in [0.29, 0.717) is 21.7 Å². The Balaban J connectivity index is 1.16. The fraction of sp³-hybridized carbons (Fsp3) is 0.269. The van der Waals surface area contributed by atoms with E-state index in [0.717, 1.165) is 47.9 Å². The van der Waals surface area contributed by atoms with Gasteiger partial charge < -0.3 is 15.5 Å². The van der Waals surface area contributed by atoms with Gasteiger partial charge in [0.1, 0.15) is 6.54 Å². The van der Waals surface area contributed by atoms with Gasteiger partial charge in [-0.1, -0.05) is 17.7 Å². The quantitative estimate of drug-likeness (QED) is 0.445. The lowest BCUT2D eigenvalue weighted by atomic mass is 9.96. The van der Waals surface area contributed by atoms with Gasteiger partial charge in [0.25, 0.3) is 17.7 Å². The summed E-state index contributed by atoms with van der Waals surface area (Å²) in [4.78, 5) is 58.9. The van der Waals surface area contributed by atoms with E-state index in [1.165, 1.54) is 6.07 Å². The number of nitrogens with one attached hydrogen (secondary N) is 2. The maximum atomic E-state index is 13.1. The van der Waals surface area contributed by atoms with Crippen LogP contribution < -0.4 is 15.5 Å². The molecule has 2 aromatic heterocycles. The summed E-state index contributed by atoms with van der Waals surface area (Å²) in [6, 6.07) is 11.8. The van der Waals surface area contributed by atoms with Crippen LogP contribution in [0.15, 0.2) is 54.9 Å². The number of piperidine rings is 1. The van der Waals surface area contributed by atoms with E-state index in [2.05, 4.69) is 20.5 Å². The predicted octanol–water partition coefficient (Wildman–Crippen LogP) is 3.68. The molecule has 0 saturated carbocycles. The number of pyridine rings is 1. The number of halogens is 1. The zero-order valence-electron chi connectivity index (χ0n) is 19.8. The summed E-state index contributed by atoms with van der Waals surface area (Å²) in [6.07, 6.45) is 5.40. The number of aromatic nitrogens is 1. The van der Waals surface area contributed by atoms with Crippen LogP contribution in [0.4, 0.5) is 11.4 Å². The van der Waals surface area contributed by atoms with Gasteiger partial charge in [0.15, 0.2) is 0 Å². The Kier molecular flexibility index (Phi) is 7.20. The van der Waals surface area contributed by atoms with Crippen molar-refractivity contribution in [2.24, 2.45) is 5.92 Å². The standard InChI is InChI=1S/C26H24ClN5O4S/c27-21-5-4-20(37-21)24(34)30-19-3-1-2-18-23(19)26(36)32(25(18)35)15-22(33)29-14-16-8-12-31(13-9-16)17-6-10-28-11-7-17/h1-7,10-11,16H,8-9,12-15H2,(H,29,33)(H,30,34). The lowest BCUT2D eigenvalue weighted by Crippen LogP contribution is -2.43. The van der Waals surface area contributed by atoms with Crippen LogP contribution in [0.3, 0.4) is 0 Å². The van der Waals surface area contributed by atoms with E-state index >= 15 is 0 Å². The SMILES string of the molecule is O=C(CN1C(=O)c2cccc(NC(=O)c3ccc(Cl)s3)c2C1=O)NCC1CCN(c2ccncc2)CC1. The van der Waals surface area contributed by atoms with E-state index in [-0.39, 0.29) is 23.4 Å². The molecule has 0 radical (unpaired) electrons. The lowest BCUT2D eigenvalue weighted by molar-refractivity contribution is -0.121.